The van der Waals surface area contributed by atoms with Gasteiger partial charge in [-0.25, -0.2) is 4.79 Å². The lowest BCUT2D eigenvalue weighted by molar-refractivity contribution is 0.0734. The third kappa shape index (κ3) is 3.94. The molecule has 1 aliphatic heterocycles. The third-order valence-corrected chi connectivity index (χ3v) is 5.97. The van der Waals surface area contributed by atoms with Crippen LogP contribution in [0.15, 0.2) is 59.7 Å². The number of hydrogen-bond donors (Lipinski definition) is 0. The molecule has 2 aromatic carbocycles. The van der Waals surface area contributed by atoms with Gasteiger partial charge in [-0.2, -0.15) is 0 Å². The van der Waals surface area contributed by atoms with Crippen LogP contribution < -0.4 is 9.47 Å². The van der Waals surface area contributed by atoms with Crippen molar-refractivity contribution in [1.82, 2.24) is 0 Å². The normalized spacial score (nSPS) is 14.5. The van der Waals surface area contributed by atoms with Crippen LogP contribution in [0.25, 0.3) is 6.08 Å². The van der Waals surface area contributed by atoms with Crippen LogP contribution in [-0.2, 0) is 5.41 Å². The number of allylic oxidation sites excluding steroid dienone is 1. The molecule has 2 heterocycles. The average molecular weight is 419 g/mol. The number of aryl methyl sites for hydroxylation is 1. The molecule has 1 aliphatic rings. The van der Waals surface area contributed by atoms with E-state index in [4.69, 9.17) is 9.47 Å². The Morgan fingerprint density at radius 2 is 1.80 bits per heavy atom. The molecule has 4 rings (SSSR count). The summed E-state index contributed by atoms with van der Waals surface area (Å²) >= 11 is 1.55. The van der Waals surface area contributed by atoms with E-state index in [1.165, 1.54) is 0 Å². The van der Waals surface area contributed by atoms with E-state index < -0.39 is 5.97 Å². The van der Waals surface area contributed by atoms with Crippen molar-refractivity contribution in [3.63, 3.8) is 0 Å². The number of ketones is 1. The Hall–Kier alpha value is -3.18. The van der Waals surface area contributed by atoms with Crippen LogP contribution in [0.1, 0.15) is 57.5 Å². The number of carbonyl (C=O) groups is 2. The van der Waals surface area contributed by atoms with Gasteiger partial charge in [0.05, 0.1) is 11.1 Å². The number of ether oxygens (including phenoxy) is 2. The van der Waals surface area contributed by atoms with Crippen LogP contribution in [0.2, 0.25) is 0 Å². The fraction of sp³-hybridized carbons (Fsp3) is 0.200. The Labute approximate surface area is 179 Å². The molecule has 30 heavy (non-hydrogen) atoms. The Morgan fingerprint density at radius 1 is 1.07 bits per heavy atom. The Morgan fingerprint density at radius 3 is 2.43 bits per heavy atom. The van der Waals surface area contributed by atoms with E-state index in [2.05, 4.69) is 20.8 Å². The summed E-state index contributed by atoms with van der Waals surface area (Å²) in [5.74, 6) is 0.379. The van der Waals surface area contributed by atoms with E-state index in [0.717, 1.165) is 16.0 Å². The summed E-state index contributed by atoms with van der Waals surface area (Å²) in [4.78, 5) is 26.1. The SMILES string of the molecule is Cc1ccsc1/C=C1\Oc2cc(OC(=O)c3ccc(C(C)(C)C)cc3)ccc2C1=O. The van der Waals surface area contributed by atoms with Gasteiger partial charge < -0.3 is 9.47 Å². The van der Waals surface area contributed by atoms with Gasteiger partial charge in [-0.3, -0.25) is 4.79 Å². The topological polar surface area (TPSA) is 52.6 Å². The number of hydrogen-bond acceptors (Lipinski definition) is 5. The highest BCUT2D eigenvalue weighted by Gasteiger charge is 2.28. The molecule has 0 saturated heterocycles. The molecule has 0 spiro atoms. The maximum Gasteiger partial charge on any atom is 0.343 e. The number of Topliss-reactive ketones (excluding diaryl/α,β-unsaturated/α-hetero) is 1. The van der Waals surface area contributed by atoms with Gasteiger partial charge in [0.25, 0.3) is 0 Å². The quantitative estimate of drug-likeness (QED) is 0.289. The number of carbonyl (C=O) groups excluding carboxylic acids is 2. The van der Waals surface area contributed by atoms with Gasteiger partial charge in [0, 0.05) is 17.0 Å². The first-order chi connectivity index (χ1) is 14.2. The first-order valence-corrected chi connectivity index (χ1v) is 10.6. The van der Waals surface area contributed by atoms with Crippen LogP contribution >= 0.6 is 11.3 Å². The van der Waals surface area contributed by atoms with Crippen molar-refractivity contribution in [2.75, 3.05) is 0 Å². The first-order valence-electron chi connectivity index (χ1n) is 9.67. The largest absolute Gasteiger partial charge is 0.452 e. The molecule has 3 aromatic rings. The lowest BCUT2D eigenvalue weighted by Crippen LogP contribution is -2.12. The van der Waals surface area contributed by atoms with E-state index in [1.54, 1.807) is 47.7 Å². The molecule has 1 aromatic heterocycles. The maximum atomic E-state index is 12.6. The van der Waals surface area contributed by atoms with Gasteiger partial charge in [-0.05, 0) is 59.2 Å². The van der Waals surface area contributed by atoms with Gasteiger partial charge in [-0.1, -0.05) is 32.9 Å². The molecule has 0 aliphatic carbocycles. The van der Waals surface area contributed by atoms with Gasteiger partial charge in [-0.15, -0.1) is 11.3 Å². The minimum atomic E-state index is -0.454. The lowest BCUT2D eigenvalue weighted by Gasteiger charge is -2.18. The Kier molecular flexibility index (Phi) is 5.08. The predicted octanol–water partition coefficient (Wildman–Crippen LogP) is 6.19. The van der Waals surface area contributed by atoms with Gasteiger partial charge in [0.1, 0.15) is 11.5 Å². The summed E-state index contributed by atoms with van der Waals surface area (Å²) in [6.07, 6.45) is 1.75. The van der Waals surface area contributed by atoms with Crippen LogP contribution in [0.5, 0.6) is 11.5 Å². The highest BCUT2D eigenvalue weighted by molar-refractivity contribution is 7.11. The van der Waals surface area contributed by atoms with Gasteiger partial charge in [0.15, 0.2) is 5.76 Å². The minimum absolute atomic E-state index is 0.0131. The predicted molar refractivity (Wildman–Crippen MR) is 119 cm³/mol. The van der Waals surface area contributed by atoms with Gasteiger partial charge >= 0.3 is 5.97 Å². The summed E-state index contributed by atoms with van der Waals surface area (Å²) in [6, 6.07) is 14.2. The van der Waals surface area contributed by atoms with Crippen molar-refractivity contribution >= 4 is 29.2 Å². The van der Waals surface area contributed by atoms with E-state index in [0.29, 0.717) is 22.6 Å². The van der Waals surface area contributed by atoms with Crippen molar-refractivity contribution < 1.29 is 19.1 Å². The zero-order valence-electron chi connectivity index (χ0n) is 17.3. The summed E-state index contributed by atoms with van der Waals surface area (Å²) in [7, 11) is 0. The van der Waals surface area contributed by atoms with Crippen LogP contribution in [0.4, 0.5) is 0 Å². The molecule has 4 nitrogen and oxygen atoms in total. The van der Waals surface area contributed by atoms with Crippen LogP contribution in [0.3, 0.4) is 0 Å². The van der Waals surface area contributed by atoms with Crippen molar-refractivity contribution in [3.8, 4) is 11.5 Å². The van der Waals surface area contributed by atoms with E-state index in [-0.39, 0.29) is 17.0 Å². The molecule has 0 unspecified atom stereocenters. The average Bonchev–Trinajstić information content (AvgIpc) is 3.24. The fourth-order valence-electron chi connectivity index (χ4n) is 3.15. The molecule has 0 fully saturated rings. The molecule has 0 atom stereocenters. The standard InChI is InChI=1S/C25H22O4S/c1-15-11-12-30-22(15)14-21-23(26)19-10-9-18(13-20(19)29-21)28-24(27)16-5-7-17(8-6-16)25(2,3)4/h5-14H,1-4H3/b21-14-. The van der Waals surface area contributed by atoms with Crippen molar-refractivity contribution in [1.29, 1.82) is 0 Å². The third-order valence-electron chi connectivity index (χ3n) is 5.00. The number of esters is 1. The second-order valence-electron chi connectivity index (χ2n) is 8.28. The lowest BCUT2D eigenvalue weighted by atomic mass is 9.87. The number of thiophene rings is 1. The summed E-state index contributed by atoms with van der Waals surface area (Å²) in [5, 5.41) is 1.97. The smallest absolute Gasteiger partial charge is 0.343 e. The molecule has 0 bridgehead atoms. The Bertz CT molecular complexity index is 1160. The van der Waals surface area contributed by atoms with E-state index in [9.17, 15) is 9.59 Å². The summed E-state index contributed by atoms with van der Waals surface area (Å²) < 4.78 is 11.3. The van der Waals surface area contributed by atoms with Crippen molar-refractivity contribution in [2.24, 2.45) is 0 Å². The summed E-state index contributed by atoms with van der Waals surface area (Å²) in [5.41, 5.74) is 3.17. The molecule has 0 radical (unpaired) electrons. The van der Waals surface area contributed by atoms with E-state index >= 15 is 0 Å². The maximum absolute atomic E-state index is 12.6. The molecule has 0 amide bonds. The second kappa shape index (κ2) is 7.58. The van der Waals surface area contributed by atoms with Crippen LogP contribution in [-0.4, -0.2) is 11.8 Å². The van der Waals surface area contributed by atoms with Crippen molar-refractivity contribution in [3.05, 3.63) is 86.8 Å². The fourth-order valence-corrected chi connectivity index (χ4v) is 4.00. The highest BCUT2D eigenvalue weighted by Crippen LogP contribution is 2.36. The molecular formula is C25H22O4S. The molecule has 5 heteroatoms. The number of benzene rings is 2. The monoisotopic (exact) mass is 418 g/mol. The summed E-state index contributed by atoms with van der Waals surface area (Å²) in [6.45, 7) is 8.35. The Balaban J connectivity index is 1.52. The molecule has 152 valence electrons. The zero-order valence-corrected chi connectivity index (χ0v) is 18.1. The van der Waals surface area contributed by atoms with E-state index in [1.807, 2.05) is 30.5 Å². The second-order valence-corrected chi connectivity index (χ2v) is 9.23. The number of rotatable bonds is 3. The highest BCUT2D eigenvalue weighted by atomic mass is 32.1. The number of fused-ring (bicyclic) bond motifs is 1. The first kappa shape index (κ1) is 20.1. The molecule has 0 N–H and O–H groups in total. The molecule has 0 saturated carbocycles. The van der Waals surface area contributed by atoms with Crippen LogP contribution in [0, 0.1) is 6.92 Å². The van der Waals surface area contributed by atoms with Crippen molar-refractivity contribution in [2.45, 2.75) is 33.1 Å². The molecular weight excluding hydrogens is 396 g/mol. The zero-order chi connectivity index (χ0) is 21.5. The van der Waals surface area contributed by atoms with Gasteiger partial charge in [0.2, 0.25) is 5.78 Å². The minimum Gasteiger partial charge on any atom is -0.452 e.